The predicted octanol–water partition coefficient (Wildman–Crippen LogP) is 4.88. The summed E-state index contributed by atoms with van der Waals surface area (Å²) in [4.78, 5) is 17.6. The standard InChI is InChI=1S/C20H21N5O3/c1-2-24(13-14-28-21)16-9-7-15(8-10-16)22-23-19-11-12-20(25(26)27)18-6-4-3-5-17(18)19/h3-12H,2,13-14,21H2,1H3/b23-22-. The van der Waals surface area contributed by atoms with Crippen LogP contribution in [0.25, 0.3) is 10.8 Å². The van der Waals surface area contributed by atoms with Crippen molar-refractivity contribution in [3.8, 4) is 0 Å². The third kappa shape index (κ3) is 4.30. The second kappa shape index (κ2) is 9.03. The van der Waals surface area contributed by atoms with Crippen molar-refractivity contribution < 1.29 is 9.76 Å². The molecule has 0 aliphatic heterocycles. The summed E-state index contributed by atoms with van der Waals surface area (Å²) in [7, 11) is 0. The van der Waals surface area contributed by atoms with Gasteiger partial charge >= 0.3 is 0 Å². The van der Waals surface area contributed by atoms with Gasteiger partial charge in [-0.2, -0.15) is 5.11 Å². The lowest BCUT2D eigenvalue weighted by Gasteiger charge is -2.22. The van der Waals surface area contributed by atoms with Crippen molar-refractivity contribution in [1.29, 1.82) is 0 Å². The summed E-state index contributed by atoms with van der Waals surface area (Å²) in [5.74, 6) is 5.10. The smallest absolute Gasteiger partial charge is 0.277 e. The highest BCUT2D eigenvalue weighted by molar-refractivity contribution is 5.98. The van der Waals surface area contributed by atoms with E-state index in [1.165, 1.54) is 6.07 Å². The van der Waals surface area contributed by atoms with E-state index in [0.29, 0.717) is 35.3 Å². The Bertz CT molecular complexity index is 989. The SMILES string of the molecule is CCN(CCON)c1ccc(/N=N\c2ccc([N+](=O)[O-])c3ccccc23)cc1. The number of azo groups is 1. The fourth-order valence-corrected chi connectivity index (χ4v) is 2.99. The highest BCUT2D eigenvalue weighted by atomic mass is 16.6. The Morgan fingerprint density at radius 3 is 2.39 bits per heavy atom. The summed E-state index contributed by atoms with van der Waals surface area (Å²) in [6.45, 7) is 4.04. The van der Waals surface area contributed by atoms with Crippen LogP contribution in [-0.2, 0) is 4.84 Å². The summed E-state index contributed by atoms with van der Waals surface area (Å²) >= 11 is 0. The number of nitrogens with zero attached hydrogens (tertiary/aromatic N) is 4. The van der Waals surface area contributed by atoms with Gasteiger partial charge in [-0.05, 0) is 43.3 Å². The van der Waals surface area contributed by atoms with E-state index >= 15 is 0 Å². The molecule has 0 atom stereocenters. The van der Waals surface area contributed by atoms with Crippen LogP contribution >= 0.6 is 0 Å². The number of non-ortho nitro benzene ring substituents is 1. The van der Waals surface area contributed by atoms with Crippen LogP contribution in [0.4, 0.5) is 22.7 Å². The molecule has 3 aromatic rings. The van der Waals surface area contributed by atoms with Crippen LogP contribution in [0.1, 0.15) is 6.92 Å². The number of fused-ring (bicyclic) bond motifs is 1. The third-order valence-corrected chi connectivity index (χ3v) is 4.42. The minimum atomic E-state index is -0.392. The van der Waals surface area contributed by atoms with E-state index in [1.807, 2.05) is 30.3 Å². The van der Waals surface area contributed by atoms with Gasteiger partial charge in [0.15, 0.2) is 0 Å². The van der Waals surface area contributed by atoms with Gasteiger partial charge in [0.05, 0.1) is 28.3 Å². The van der Waals surface area contributed by atoms with Crippen LogP contribution in [0.5, 0.6) is 0 Å². The van der Waals surface area contributed by atoms with E-state index in [4.69, 9.17) is 5.90 Å². The lowest BCUT2D eigenvalue weighted by atomic mass is 10.1. The Balaban J connectivity index is 1.84. The predicted molar refractivity (Wildman–Crippen MR) is 109 cm³/mol. The number of rotatable bonds is 8. The van der Waals surface area contributed by atoms with Gasteiger partial charge in [-0.15, -0.1) is 5.11 Å². The molecule has 8 nitrogen and oxygen atoms in total. The zero-order valence-electron chi connectivity index (χ0n) is 15.5. The maximum absolute atomic E-state index is 11.2. The molecule has 0 heterocycles. The van der Waals surface area contributed by atoms with Crippen molar-refractivity contribution in [1.82, 2.24) is 0 Å². The number of hydrogen-bond acceptors (Lipinski definition) is 7. The van der Waals surface area contributed by atoms with Gasteiger partial charge in [-0.25, -0.2) is 5.90 Å². The molecule has 8 heteroatoms. The molecule has 0 fully saturated rings. The molecule has 2 N–H and O–H groups in total. The fraction of sp³-hybridized carbons (Fsp3) is 0.200. The number of nitro benzene ring substituents is 1. The fourth-order valence-electron chi connectivity index (χ4n) is 2.99. The van der Waals surface area contributed by atoms with Crippen molar-refractivity contribution >= 4 is 33.5 Å². The van der Waals surface area contributed by atoms with Crippen molar-refractivity contribution in [2.24, 2.45) is 16.1 Å². The Morgan fingerprint density at radius 1 is 1.04 bits per heavy atom. The molecule has 28 heavy (non-hydrogen) atoms. The summed E-state index contributed by atoms with van der Waals surface area (Å²) < 4.78 is 0. The molecule has 3 aromatic carbocycles. The maximum Gasteiger partial charge on any atom is 0.277 e. The summed E-state index contributed by atoms with van der Waals surface area (Å²) in [6, 6.07) is 17.8. The number of nitro groups is 1. The topological polar surface area (TPSA) is 106 Å². The molecular weight excluding hydrogens is 358 g/mol. The minimum Gasteiger partial charge on any atom is -0.369 e. The van der Waals surface area contributed by atoms with E-state index in [2.05, 4.69) is 26.9 Å². The summed E-state index contributed by atoms with van der Waals surface area (Å²) in [5.41, 5.74) is 2.37. The van der Waals surface area contributed by atoms with Crippen molar-refractivity contribution in [3.05, 3.63) is 70.8 Å². The Labute approximate surface area is 162 Å². The van der Waals surface area contributed by atoms with Crippen molar-refractivity contribution in [2.45, 2.75) is 6.92 Å². The van der Waals surface area contributed by atoms with Crippen molar-refractivity contribution in [2.75, 3.05) is 24.6 Å². The van der Waals surface area contributed by atoms with Crippen molar-refractivity contribution in [3.63, 3.8) is 0 Å². The molecule has 0 amide bonds. The first-order valence-electron chi connectivity index (χ1n) is 8.88. The first kappa shape index (κ1) is 19.4. The average Bonchev–Trinajstić information content (AvgIpc) is 2.73. The highest BCUT2D eigenvalue weighted by Gasteiger charge is 2.13. The molecule has 0 aliphatic rings. The largest absolute Gasteiger partial charge is 0.369 e. The van der Waals surface area contributed by atoms with E-state index in [9.17, 15) is 10.1 Å². The normalized spacial score (nSPS) is 11.2. The zero-order valence-corrected chi connectivity index (χ0v) is 15.5. The Kier molecular flexibility index (Phi) is 6.25. The van der Waals surface area contributed by atoms with Gasteiger partial charge in [0.2, 0.25) is 0 Å². The molecule has 0 bridgehead atoms. The second-order valence-electron chi connectivity index (χ2n) is 6.07. The van der Waals surface area contributed by atoms with E-state index < -0.39 is 4.92 Å². The molecule has 0 unspecified atom stereocenters. The Hall–Kier alpha value is -3.36. The van der Waals surface area contributed by atoms with Crippen LogP contribution < -0.4 is 10.8 Å². The van der Waals surface area contributed by atoms with E-state index in [1.54, 1.807) is 24.3 Å². The zero-order chi connectivity index (χ0) is 19.9. The summed E-state index contributed by atoms with van der Waals surface area (Å²) in [6.07, 6.45) is 0. The molecule has 0 aliphatic carbocycles. The van der Waals surface area contributed by atoms with Gasteiger partial charge in [-0.3, -0.25) is 10.1 Å². The van der Waals surface area contributed by atoms with Gasteiger partial charge < -0.3 is 9.74 Å². The van der Waals surface area contributed by atoms with Crippen LogP contribution in [0, 0.1) is 10.1 Å². The van der Waals surface area contributed by atoms with Crippen LogP contribution in [-0.4, -0.2) is 24.6 Å². The monoisotopic (exact) mass is 379 g/mol. The molecule has 0 radical (unpaired) electrons. The van der Waals surface area contributed by atoms with Crippen LogP contribution in [0.15, 0.2) is 70.9 Å². The Morgan fingerprint density at radius 2 is 1.75 bits per heavy atom. The van der Waals surface area contributed by atoms with E-state index in [0.717, 1.165) is 12.2 Å². The maximum atomic E-state index is 11.2. The summed E-state index contributed by atoms with van der Waals surface area (Å²) in [5, 5.41) is 21.0. The number of nitrogens with two attached hydrogens (primary N) is 1. The highest BCUT2D eigenvalue weighted by Crippen LogP contribution is 2.34. The lowest BCUT2D eigenvalue weighted by molar-refractivity contribution is -0.383. The quantitative estimate of drug-likeness (QED) is 0.341. The minimum absolute atomic E-state index is 0.0556. The molecule has 144 valence electrons. The number of likely N-dealkylation sites (N-methyl/N-ethyl adjacent to an activating group) is 1. The third-order valence-electron chi connectivity index (χ3n) is 4.42. The molecule has 3 rings (SSSR count). The number of anilines is 1. The van der Waals surface area contributed by atoms with Gasteiger partial charge in [0, 0.05) is 30.2 Å². The number of benzene rings is 3. The van der Waals surface area contributed by atoms with E-state index in [-0.39, 0.29) is 5.69 Å². The molecule has 0 aromatic heterocycles. The van der Waals surface area contributed by atoms with Gasteiger partial charge in [0.1, 0.15) is 0 Å². The second-order valence-corrected chi connectivity index (χ2v) is 6.07. The van der Waals surface area contributed by atoms with Gasteiger partial charge in [0.25, 0.3) is 5.69 Å². The van der Waals surface area contributed by atoms with Crippen LogP contribution in [0.3, 0.4) is 0 Å². The average molecular weight is 379 g/mol. The van der Waals surface area contributed by atoms with Gasteiger partial charge in [-0.1, -0.05) is 18.2 Å². The molecule has 0 saturated heterocycles. The molecular formula is C20H21N5O3. The first-order valence-corrected chi connectivity index (χ1v) is 8.88. The molecule has 0 spiro atoms. The lowest BCUT2D eigenvalue weighted by Crippen LogP contribution is -2.27. The number of hydrogen-bond donors (Lipinski definition) is 1. The molecule has 0 saturated carbocycles. The first-order chi connectivity index (χ1) is 13.6. The van der Waals surface area contributed by atoms with Crippen LogP contribution in [0.2, 0.25) is 0 Å².